The molecule has 4 aliphatic rings. The van der Waals surface area contributed by atoms with Gasteiger partial charge in [-0.25, -0.2) is 0 Å². The summed E-state index contributed by atoms with van der Waals surface area (Å²) in [5.74, 6) is -1.37. The summed E-state index contributed by atoms with van der Waals surface area (Å²) in [6.45, 7) is 26.6. The zero-order valence-electron chi connectivity index (χ0n) is 53.2. The van der Waals surface area contributed by atoms with E-state index in [4.69, 9.17) is 24.1 Å². The maximum atomic E-state index is 13.8. The number of fused-ring (bicyclic) bond motifs is 2. The van der Waals surface area contributed by atoms with Gasteiger partial charge in [0.15, 0.2) is 0 Å². The first kappa shape index (κ1) is 72.5. The van der Waals surface area contributed by atoms with E-state index in [1.54, 1.807) is 9.80 Å². The van der Waals surface area contributed by atoms with Gasteiger partial charge in [0.2, 0.25) is 35.4 Å². The number of hydrogen-bond donors (Lipinski definition) is 5. The Hall–Kier alpha value is -4.94. The topological polar surface area (TPSA) is 214 Å². The fourth-order valence-electron chi connectivity index (χ4n) is 11.6. The first-order valence-corrected chi connectivity index (χ1v) is 32.1. The van der Waals surface area contributed by atoms with Gasteiger partial charge in [0.25, 0.3) is 0 Å². The molecule has 2 aromatic carbocycles. The number of carbonyl (C=O) groups excluding carboxylic acids is 6. The standard InChI is InChI=1S/C34H55N3O5.C33H53N3O6.CH4/c1-7-9-10-13-20-41-21-15-22-42-28-23-25-16-11-12-17-26(25)29(28)35-32(39)27-18-14-19-37(27)33(40)30(34(4,5)6)36-31(38)24(3)8-2;1-6-23(2)30(38)35-29(33(3,4)5)32(40)36-17-12-16-26(36)31(39)34-28-25-15-9-8-14-24(25)22-27(28)42-21-13-20-41-19-11-7-10-18-37;/h11-12,16-17,24,27-30H,7-10,13-15,18-23H2,1-6H3,(H,35,39)(H,36,38);8-9,14-15,23,26-29,37H,6-7,10-13,16-22H2,1-5H3,(H,34,39)(H,35,38);1H4/t24-,27+,28-,29+,30-;23-,26+,27-,28+,29-;/m11./s1. The second kappa shape index (κ2) is 36.4. The third kappa shape index (κ3) is 21.7. The Morgan fingerprint density at radius 1 is 0.553 bits per heavy atom. The van der Waals surface area contributed by atoms with Crippen molar-refractivity contribution in [1.82, 2.24) is 31.1 Å². The van der Waals surface area contributed by atoms with Gasteiger partial charge in [-0.05, 0) is 110 Å². The van der Waals surface area contributed by atoms with E-state index >= 15 is 0 Å². The van der Waals surface area contributed by atoms with Crippen LogP contribution in [-0.4, -0.2) is 146 Å². The largest absolute Gasteiger partial charge is 0.396 e. The molecule has 17 heteroatoms. The number of nitrogens with one attached hydrogen (secondary N) is 4. The average Bonchev–Trinajstić information content (AvgIpc) is 3.68. The Morgan fingerprint density at radius 2 is 0.941 bits per heavy atom. The smallest absolute Gasteiger partial charge is 0.246 e. The molecule has 6 amide bonds. The van der Waals surface area contributed by atoms with Gasteiger partial charge in [-0.2, -0.15) is 0 Å². The fourth-order valence-corrected chi connectivity index (χ4v) is 11.6. The Kier molecular flexibility index (Phi) is 31.1. The highest BCUT2D eigenvalue weighted by Crippen LogP contribution is 2.37. The normalized spacial score (nSPS) is 21.3. The Morgan fingerprint density at radius 3 is 1.32 bits per heavy atom. The summed E-state index contributed by atoms with van der Waals surface area (Å²) < 4.78 is 24.1. The van der Waals surface area contributed by atoms with Crippen LogP contribution < -0.4 is 21.3 Å². The zero-order chi connectivity index (χ0) is 61.4. The summed E-state index contributed by atoms with van der Waals surface area (Å²) in [4.78, 5) is 84.1. The van der Waals surface area contributed by atoms with Crippen LogP contribution in [0.25, 0.3) is 0 Å². The van der Waals surface area contributed by atoms with E-state index in [0.717, 1.165) is 81.1 Å². The molecule has 2 saturated heterocycles. The second-order valence-electron chi connectivity index (χ2n) is 26.0. The SMILES string of the molecule is C.CCCCCCOCCCO[C@@H]1Cc2ccccc2[C@@H]1NC(=O)[C@@H]1CCCN1C(=O)[C@@H](NC(=O)[C@H](C)CC)C(C)(C)C.CC[C@@H](C)C(=O)N[C@H](C(=O)N1CCC[C@H]1C(=O)N[C@H]1c2ccccc2C[C@H]1OCCCOCCCCCO)C(C)(C)C. The van der Waals surface area contributed by atoms with Crippen LogP contribution in [0.15, 0.2) is 48.5 Å². The minimum absolute atomic E-state index is 0. The molecular weight excluding hydrogens is 1080 g/mol. The van der Waals surface area contributed by atoms with Crippen molar-refractivity contribution in [3.05, 3.63) is 70.8 Å². The van der Waals surface area contributed by atoms with Crippen molar-refractivity contribution in [1.29, 1.82) is 0 Å². The highest BCUT2D eigenvalue weighted by molar-refractivity contribution is 5.94. The predicted octanol–water partition coefficient (Wildman–Crippen LogP) is 9.90. The van der Waals surface area contributed by atoms with Gasteiger partial charge in [0.1, 0.15) is 24.2 Å². The van der Waals surface area contributed by atoms with E-state index in [1.807, 2.05) is 99.6 Å². The number of rotatable bonds is 32. The predicted molar refractivity (Wildman–Crippen MR) is 335 cm³/mol. The molecule has 2 aliphatic heterocycles. The lowest BCUT2D eigenvalue weighted by molar-refractivity contribution is -0.144. The van der Waals surface area contributed by atoms with E-state index in [1.165, 1.54) is 24.8 Å². The molecule has 480 valence electrons. The molecule has 0 unspecified atom stereocenters. The Balaban J connectivity index is 0.000000360. The molecule has 5 N–H and O–H groups in total. The molecular formula is C68H112N6O11. The number of unbranched alkanes of at least 4 members (excludes halogenated alkanes) is 5. The highest BCUT2D eigenvalue weighted by atomic mass is 16.5. The summed E-state index contributed by atoms with van der Waals surface area (Å²) in [6, 6.07) is 13.1. The summed E-state index contributed by atoms with van der Waals surface area (Å²) in [7, 11) is 0. The molecule has 0 spiro atoms. The Bertz CT molecular complexity index is 2210. The van der Waals surface area contributed by atoms with Crippen LogP contribution in [0.2, 0.25) is 0 Å². The van der Waals surface area contributed by atoms with Gasteiger partial charge in [-0.3, -0.25) is 28.8 Å². The van der Waals surface area contributed by atoms with Gasteiger partial charge in [-0.15, -0.1) is 0 Å². The fraction of sp³-hybridized carbons (Fsp3) is 0.735. The van der Waals surface area contributed by atoms with Gasteiger partial charge in [0.05, 0.1) is 24.3 Å². The molecule has 17 nitrogen and oxygen atoms in total. The summed E-state index contributed by atoms with van der Waals surface area (Å²) in [6.07, 6.45) is 14.2. The van der Waals surface area contributed by atoms with Crippen LogP contribution in [0.4, 0.5) is 0 Å². The van der Waals surface area contributed by atoms with Crippen LogP contribution >= 0.6 is 0 Å². The van der Waals surface area contributed by atoms with Gasteiger partial charge >= 0.3 is 0 Å². The molecule has 6 rings (SSSR count). The average molecular weight is 1190 g/mol. The number of nitrogens with zero attached hydrogens (tertiary/aromatic N) is 2. The summed E-state index contributed by atoms with van der Waals surface area (Å²) in [5, 5.41) is 21.4. The second-order valence-corrected chi connectivity index (χ2v) is 26.0. The number of hydrogen-bond acceptors (Lipinski definition) is 11. The van der Waals surface area contributed by atoms with Crippen molar-refractivity contribution in [3.63, 3.8) is 0 Å². The molecule has 2 fully saturated rings. The maximum absolute atomic E-state index is 13.8. The van der Waals surface area contributed by atoms with Crippen LogP contribution in [0.3, 0.4) is 0 Å². The lowest BCUT2D eigenvalue weighted by Crippen LogP contribution is -2.58. The number of ether oxygens (including phenoxy) is 4. The number of carbonyl (C=O) groups is 6. The minimum atomic E-state index is -0.715. The quantitative estimate of drug-likeness (QED) is 0.0435. The van der Waals surface area contributed by atoms with Crippen molar-refractivity contribution in [3.8, 4) is 0 Å². The molecule has 10 atom stereocenters. The molecule has 0 saturated carbocycles. The lowest BCUT2D eigenvalue weighted by atomic mass is 9.85. The molecule has 85 heavy (non-hydrogen) atoms. The number of amides is 6. The van der Waals surface area contributed by atoms with Crippen molar-refractivity contribution in [2.75, 3.05) is 59.3 Å². The van der Waals surface area contributed by atoms with E-state index < -0.39 is 35.0 Å². The number of aliphatic hydroxyl groups excluding tert-OH is 1. The van der Waals surface area contributed by atoms with Gasteiger partial charge < -0.3 is 55.1 Å². The molecule has 0 radical (unpaired) electrons. The number of aliphatic hydroxyl groups is 1. The molecule has 0 aromatic heterocycles. The third-order valence-corrected chi connectivity index (χ3v) is 17.2. The van der Waals surface area contributed by atoms with Crippen LogP contribution in [0.1, 0.15) is 214 Å². The van der Waals surface area contributed by atoms with Gasteiger partial charge in [0, 0.05) is 84.0 Å². The van der Waals surface area contributed by atoms with E-state index in [2.05, 4.69) is 46.4 Å². The number of likely N-dealkylation sites (tertiary alicyclic amines) is 2. The van der Waals surface area contributed by atoms with Crippen LogP contribution in [-0.2, 0) is 60.6 Å². The highest BCUT2D eigenvalue weighted by Gasteiger charge is 2.46. The van der Waals surface area contributed by atoms with Gasteiger partial charge in [-0.1, -0.05) is 151 Å². The summed E-state index contributed by atoms with van der Waals surface area (Å²) >= 11 is 0. The molecule has 2 aliphatic carbocycles. The number of benzene rings is 2. The van der Waals surface area contributed by atoms with Crippen LogP contribution in [0.5, 0.6) is 0 Å². The van der Waals surface area contributed by atoms with E-state index in [9.17, 15) is 28.8 Å². The first-order chi connectivity index (χ1) is 40.2. The lowest BCUT2D eigenvalue weighted by Gasteiger charge is -2.36. The minimum Gasteiger partial charge on any atom is -0.396 e. The third-order valence-electron chi connectivity index (χ3n) is 17.2. The first-order valence-electron chi connectivity index (χ1n) is 32.1. The Labute approximate surface area is 511 Å². The summed E-state index contributed by atoms with van der Waals surface area (Å²) in [5.41, 5.74) is 3.48. The molecule has 2 aromatic rings. The van der Waals surface area contributed by atoms with Crippen LogP contribution in [0, 0.1) is 22.7 Å². The van der Waals surface area contributed by atoms with Crippen molar-refractivity contribution >= 4 is 35.4 Å². The monoisotopic (exact) mass is 1190 g/mol. The van der Waals surface area contributed by atoms with Crippen molar-refractivity contribution < 1.29 is 52.8 Å². The van der Waals surface area contributed by atoms with E-state index in [0.29, 0.717) is 78.2 Å². The van der Waals surface area contributed by atoms with E-state index in [-0.39, 0.29) is 85.6 Å². The maximum Gasteiger partial charge on any atom is 0.246 e. The molecule has 2 heterocycles. The van der Waals surface area contributed by atoms with Crippen molar-refractivity contribution in [2.45, 2.75) is 241 Å². The zero-order valence-corrected chi connectivity index (χ0v) is 53.2. The van der Waals surface area contributed by atoms with Crippen molar-refractivity contribution in [2.24, 2.45) is 22.7 Å². The molecule has 0 bridgehead atoms.